The van der Waals surface area contributed by atoms with E-state index in [1.807, 2.05) is 42.5 Å². The smallest absolute Gasteiger partial charge is 0.244 e. The molecule has 2 heterocycles. The molecule has 1 aliphatic rings. The van der Waals surface area contributed by atoms with Gasteiger partial charge in [-0.1, -0.05) is 48.5 Å². The Morgan fingerprint density at radius 2 is 1.81 bits per heavy atom. The predicted octanol–water partition coefficient (Wildman–Crippen LogP) is 1.26. The molecule has 0 radical (unpaired) electrons. The van der Waals surface area contributed by atoms with Gasteiger partial charge in [-0.25, -0.2) is 0 Å². The summed E-state index contributed by atoms with van der Waals surface area (Å²) in [6, 6.07) is 17.3. The van der Waals surface area contributed by atoms with Gasteiger partial charge >= 0.3 is 0 Å². The second kappa shape index (κ2) is 8.43. The summed E-state index contributed by atoms with van der Waals surface area (Å²) in [6.07, 6.45) is 2.05. The highest BCUT2D eigenvalue weighted by molar-refractivity contribution is 6.17. The molecule has 2 aromatic carbocycles. The van der Waals surface area contributed by atoms with Crippen LogP contribution in [0.2, 0.25) is 0 Å². The fraction of sp³-hybridized carbons (Fsp3) is 0.217. The molecule has 3 amide bonds. The lowest BCUT2D eigenvalue weighted by molar-refractivity contribution is -0.132. The molecular formula is C23H23N5O3. The van der Waals surface area contributed by atoms with Crippen molar-refractivity contribution in [2.24, 2.45) is 12.8 Å². The van der Waals surface area contributed by atoms with E-state index in [4.69, 9.17) is 5.73 Å². The maximum Gasteiger partial charge on any atom is 0.244 e. The molecule has 2 atom stereocenters. The van der Waals surface area contributed by atoms with Gasteiger partial charge in [-0.05, 0) is 23.3 Å². The summed E-state index contributed by atoms with van der Waals surface area (Å²) >= 11 is 0. The van der Waals surface area contributed by atoms with Crippen LogP contribution in [0.15, 0.2) is 66.9 Å². The Hall–Kier alpha value is -3.94. The molecule has 1 aliphatic heterocycles. The van der Waals surface area contributed by atoms with Crippen LogP contribution >= 0.6 is 0 Å². The number of fused-ring (bicyclic) bond motifs is 1. The molecule has 1 aromatic heterocycles. The molecule has 8 heteroatoms. The summed E-state index contributed by atoms with van der Waals surface area (Å²) < 4.78 is 1.66. The number of amides is 3. The number of anilines is 1. The van der Waals surface area contributed by atoms with Crippen LogP contribution in [0.25, 0.3) is 0 Å². The number of benzene rings is 2. The molecule has 0 aliphatic carbocycles. The number of nitrogens with one attached hydrogen (secondary N) is 1. The summed E-state index contributed by atoms with van der Waals surface area (Å²) in [5, 5.41) is 7.02. The first-order chi connectivity index (χ1) is 14.9. The number of nitrogens with two attached hydrogens (primary N) is 1. The third kappa shape index (κ3) is 4.18. The zero-order valence-corrected chi connectivity index (χ0v) is 17.1. The van der Waals surface area contributed by atoms with Crippen molar-refractivity contribution in [1.29, 1.82) is 0 Å². The van der Waals surface area contributed by atoms with Gasteiger partial charge in [-0.3, -0.25) is 19.1 Å². The Morgan fingerprint density at radius 3 is 2.48 bits per heavy atom. The van der Waals surface area contributed by atoms with Crippen LogP contribution in [0.5, 0.6) is 0 Å². The standard InChI is InChI=1S/C23H23N5O3/c1-27-12-11-16(26-27)14-28-19-10-6-5-9-17(19)20(23(28)31)22(30)25-18(21(24)29)13-15-7-3-2-4-8-15/h2-12,18,20H,13-14H2,1H3,(H2,24,29)(H,25,30)/t18-,20?/m0/s1. The summed E-state index contributed by atoms with van der Waals surface area (Å²) in [6.45, 7) is 0.254. The molecule has 3 N–H and O–H groups in total. The lowest BCUT2D eigenvalue weighted by Crippen LogP contribution is -2.48. The van der Waals surface area contributed by atoms with Crippen LogP contribution in [0, 0.1) is 0 Å². The Morgan fingerprint density at radius 1 is 1.10 bits per heavy atom. The van der Waals surface area contributed by atoms with Crippen LogP contribution in [0.4, 0.5) is 5.69 Å². The maximum absolute atomic E-state index is 13.2. The third-order valence-corrected chi connectivity index (χ3v) is 5.35. The van der Waals surface area contributed by atoms with Gasteiger partial charge < -0.3 is 16.0 Å². The number of hydrogen-bond donors (Lipinski definition) is 2. The van der Waals surface area contributed by atoms with Crippen molar-refractivity contribution in [3.8, 4) is 0 Å². The molecule has 158 valence electrons. The van der Waals surface area contributed by atoms with Crippen molar-refractivity contribution < 1.29 is 14.4 Å². The van der Waals surface area contributed by atoms with Gasteiger partial charge in [0, 0.05) is 25.4 Å². The topological polar surface area (TPSA) is 110 Å². The highest BCUT2D eigenvalue weighted by atomic mass is 16.2. The van der Waals surface area contributed by atoms with Gasteiger partial charge in [0.25, 0.3) is 0 Å². The largest absolute Gasteiger partial charge is 0.368 e. The quantitative estimate of drug-likeness (QED) is 0.564. The number of aromatic nitrogens is 2. The molecular weight excluding hydrogens is 394 g/mol. The van der Waals surface area contributed by atoms with E-state index in [-0.39, 0.29) is 18.9 Å². The minimum absolute atomic E-state index is 0.252. The number of nitrogens with zero attached hydrogens (tertiary/aromatic N) is 3. The summed E-state index contributed by atoms with van der Waals surface area (Å²) in [4.78, 5) is 39.9. The predicted molar refractivity (Wildman–Crippen MR) is 115 cm³/mol. The molecule has 3 aromatic rings. The number of carbonyl (C=O) groups is 3. The fourth-order valence-corrected chi connectivity index (χ4v) is 3.84. The average Bonchev–Trinajstić information content (AvgIpc) is 3.29. The van der Waals surface area contributed by atoms with Crippen molar-refractivity contribution in [2.45, 2.75) is 24.9 Å². The molecule has 0 saturated carbocycles. The van der Waals surface area contributed by atoms with Crippen LogP contribution in [-0.2, 0) is 34.4 Å². The summed E-state index contributed by atoms with van der Waals surface area (Å²) in [7, 11) is 1.80. The van der Waals surface area contributed by atoms with Gasteiger partial charge in [-0.15, -0.1) is 0 Å². The second-order valence-corrected chi connectivity index (χ2v) is 7.55. The normalized spacial score (nSPS) is 16.1. The minimum Gasteiger partial charge on any atom is -0.368 e. The average molecular weight is 417 g/mol. The van der Waals surface area contributed by atoms with E-state index in [9.17, 15) is 14.4 Å². The van der Waals surface area contributed by atoms with Gasteiger partial charge in [0.15, 0.2) is 0 Å². The third-order valence-electron chi connectivity index (χ3n) is 5.35. The Kier molecular flexibility index (Phi) is 5.53. The molecule has 8 nitrogen and oxygen atoms in total. The Balaban J connectivity index is 1.57. The highest BCUT2D eigenvalue weighted by Crippen LogP contribution is 2.38. The number of para-hydroxylation sites is 1. The number of aryl methyl sites for hydroxylation is 1. The molecule has 0 saturated heterocycles. The van der Waals surface area contributed by atoms with Crippen molar-refractivity contribution in [1.82, 2.24) is 15.1 Å². The van der Waals surface area contributed by atoms with Crippen LogP contribution < -0.4 is 16.0 Å². The first-order valence-electron chi connectivity index (χ1n) is 9.96. The lowest BCUT2D eigenvalue weighted by atomic mass is 9.98. The highest BCUT2D eigenvalue weighted by Gasteiger charge is 2.42. The van der Waals surface area contributed by atoms with Crippen molar-refractivity contribution in [2.75, 3.05) is 4.90 Å². The van der Waals surface area contributed by atoms with E-state index in [1.54, 1.807) is 41.0 Å². The van der Waals surface area contributed by atoms with Gasteiger partial charge in [0.1, 0.15) is 12.0 Å². The van der Waals surface area contributed by atoms with E-state index < -0.39 is 23.8 Å². The number of rotatable bonds is 7. The Bertz CT molecular complexity index is 1130. The first-order valence-corrected chi connectivity index (χ1v) is 9.96. The molecule has 0 spiro atoms. The van der Waals surface area contributed by atoms with Gasteiger partial charge in [-0.2, -0.15) is 5.10 Å². The van der Waals surface area contributed by atoms with E-state index in [1.165, 1.54) is 0 Å². The molecule has 4 rings (SSSR count). The minimum atomic E-state index is -1.04. The van der Waals surface area contributed by atoms with Crippen molar-refractivity contribution >= 4 is 23.4 Å². The number of carbonyl (C=O) groups excluding carboxylic acids is 3. The summed E-state index contributed by atoms with van der Waals surface area (Å²) in [5.74, 6) is -2.59. The zero-order chi connectivity index (χ0) is 22.0. The summed E-state index contributed by atoms with van der Waals surface area (Å²) in [5.41, 5.74) is 8.37. The zero-order valence-electron chi connectivity index (χ0n) is 17.1. The molecule has 1 unspecified atom stereocenters. The van der Waals surface area contributed by atoms with Gasteiger partial charge in [0.2, 0.25) is 17.7 Å². The number of hydrogen-bond acceptors (Lipinski definition) is 4. The van der Waals surface area contributed by atoms with Crippen molar-refractivity contribution in [3.63, 3.8) is 0 Å². The second-order valence-electron chi connectivity index (χ2n) is 7.55. The Labute approximate surface area is 179 Å². The SMILES string of the molecule is Cn1ccc(CN2C(=O)C(C(=O)N[C@@H](Cc3ccccc3)C(N)=O)c3ccccc32)n1. The molecule has 31 heavy (non-hydrogen) atoms. The first kappa shape index (κ1) is 20.3. The fourth-order valence-electron chi connectivity index (χ4n) is 3.84. The molecule has 0 bridgehead atoms. The van der Waals surface area contributed by atoms with E-state index in [2.05, 4.69) is 10.4 Å². The number of primary amides is 1. The van der Waals surface area contributed by atoms with Crippen LogP contribution in [-0.4, -0.2) is 33.5 Å². The lowest BCUT2D eigenvalue weighted by Gasteiger charge is -2.19. The van der Waals surface area contributed by atoms with E-state index >= 15 is 0 Å². The van der Waals surface area contributed by atoms with E-state index in [0.717, 1.165) is 5.56 Å². The monoisotopic (exact) mass is 417 g/mol. The maximum atomic E-state index is 13.2. The van der Waals surface area contributed by atoms with Crippen LogP contribution in [0.1, 0.15) is 22.7 Å². The molecule has 0 fully saturated rings. The van der Waals surface area contributed by atoms with Gasteiger partial charge in [0.05, 0.1) is 12.2 Å². The van der Waals surface area contributed by atoms with Crippen LogP contribution in [0.3, 0.4) is 0 Å². The van der Waals surface area contributed by atoms with E-state index in [0.29, 0.717) is 16.9 Å². The van der Waals surface area contributed by atoms with Crippen molar-refractivity contribution in [3.05, 3.63) is 83.7 Å².